The second-order valence-corrected chi connectivity index (χ2v) is 5.72. The minimum atomic E-state index is -0.154. The molecule has 4 heteroatoms. The Morgan fingerprint density at radius 1 is 1.04 bits per heavy atom. The molecule has 0 radical (unpaired) electrons. The highest BCUT2D eigenvalue weighted by Crippen LogP contribution is 2.37. The van der Waals surface area contributed by atoms with Crippen molar-refractivity contribution in [3.8, 4) is 22.8 Å². The SMILES string of the molecule is CC1COc2c(c(-c3ccccc3)nn2-c2ccccc2)C1=O. The van der Waals surface area contributed by atoms with Crippen molar-refractivity contribution in [1.29, 1.82) is 0 Å². The van der Waals surface area contributed by atoms with Gasteiger partial charge in [0.15, 0.2) is 5.78 Å². The average molecular weight is 304 g/mol. The van der Waals surface area contributed by atoms with Gasteiger partial charge in [0.1, 0.15) is 11.3 Å². The van der Waals surface area contributed by atoms with Gasteiger partial charge in [0.05, 0.1) is 18.2 Å². The van der Waals surface area contributed by atoms with E-state index in [2.05, 4.69) is 5.10 Å². The largest absolute Gasteiger partial charge is 0.476 e. The summed E-state index contributed by atoms with van der Waals surface area (Å²) in [5.41, 5.74) is 3.07. The van der Waals surface area contributed by atoms with Gasteiger partial charge in [-0.1, -0.05) is 55.5 Å². The maximum atomic E-state index is 12.7. The molecule has 4 rings (SSSR count). The molecule has 114 valence electrons. The van der Waals surface area contributed by atoms with Crippen LogP contribution in [0.2, 0.25) is 0 Å². The van der Waals surface area contributed by atoms with Crippen molar-refractivity contribution in [2.24, 2.45) is 5.92 Å². The van der Waals surface area contributed by atoms with E-state index in [-0.39, 0.29) is 11.7 Å². The predicted octanol–water partition coefficient (Wildman–Crippen LogP) is 3.75. The number of hydrogen-bond donors (Lipinski definition) is 0. The van der Waals surface area contributed by atoms with Crippen molar-refractivity contribution in [2.75, 3.05) is 6.61 Å². The van der Waals surface area contributed by atoms with Gasteiger partial charge in [0.25, 0.3) is 0 Å². The predicted molar refractivity (Wildman–Crippen MR) is 88.0 cm³/mol. The van der Waals surface area contributed by atoms with Crippen LogP contribution in [-0.2, 0) is 0 Å². The summed E-state index contributed by atoms with van der Waals surface area (Å²) in [6, 6.07) is 19.5. The number of ketones is 1. The molecule has 2 aromatic carbocycles. The molecule has 0 fully saturated rings. The minimum absolute atomic E-state index is 0.0901. The van der Waals surface area contributed by atoms with E-state index in [1.807, 2.05) is 67.6 Å². The maximum Gasteiger partial charge on any atom is 0.228 e. The normalized spacial score (nSPS) is 16.7. The number of aromatic nitrogens is 2. The highest BCUT2D eigenvalue weighted by atomic mass is 16.5. The van der Waals surface area contributed by atoms with E-state index in [0.717, 1.165) is 11.3 Å². The quantitative estimate of drug-likeness (QED) is 0.724. The van der Waals surface area contributed by atoms with Gasteiger partial charge in [-0.25, -0.2) is 0 Å². The van der Waals surface area contributed by atoms with Crippen LogP contribution in [0.4, 0.5) is 0 Å². The van der Waals surface area contributed by atoms with Crippen molar-refractivity contribution >= 4 is 5.78 Å². The van der Waals surface area contributed by atoms with Crippen LogP contribution >= 0.6 is 0 Å². The molecule has 1 unspecified atom stereocenters. The number of para-hydroxylation sites is 1. The summed E-state index contributed by atoms with van der Waals surface area (Å²) in [6.45, 7) is 2.28. The molecule has 1 aromatic heterocycles. The number of carbonyl (C=O) groups excluding carboxylic acids is 1. The first kappa shape index (κ1) is 13.8. The number of ether oxygens (including phenoxy) is 1. The van der Waals surface area contributed by atoms with Gasteiger partial charge in [-0.15, -0.1) is 0 Å². The first-order chi connectivity index (χ1) is 11.3. The van der Waals surface area contributed by atoms with Crippen molar-refractivity contribution < 1.29 is 9.53 Å². The van der Waals surface area contributed by atoms with Crippen LogP contribution in [0, 0.1) is 5.92 Å². The number of rotatable bonds is 2. The van der Waals surface area contributed by atoms with Gasteiger partial charge in [-0.3, -0.25) is 4.79 Å². The second kappa shape index (κ2) is 5.39. The van der Waals surface area contributed by atoms with E-state index in [1.54, 1.807) is 4.68 Å². The molecular formula is C19H16N2O2. The second-order valence-electron chi connectivity index (χ2n) is 5.72. The summed E-state index contributed by atoms with van der Waals surface area (Å²) in [4.78, 5) is 12.7. The smallest absolute Gasteiger partial charge is 0.228 e. The zero-order valence-electron chi connectivity index (χ0n) is 12.8. The van der Waals surface area contributed by atoms with Crippen LogP contribution in [0.15, 0.2) is 60.7 Å². The number of nitrogens with zero attached hydrogens (tertiary/aromatic N) is 2. The molecule has 2 heterocycles. The summed E-state index contributed by atoms with van der Waals surface area (Å²) in [6.07, 6.45) is 0. The Labute approximate surface area is 134 Å². The zero-order valence-corrected chi connectivity index (χ0v) is 12.8. The Hall–Kier alpha value is -2.88. The van der Waals surface area contributed by atoms with E-state index in [0.29, 0.717) is 23.7 Å². The molecule has 0 saturated carbocycles. The highest BCUT2D eigenvalue weighted by molar-refractivity contribution is 6.06. The van der Waals surface area contributed by atoms with Gasteiger partial charge in [-0.2, -0.15) is 9.78 Å². The van der Waals surface area contributed by atoms with Gasteiger partial charge in [-0.05, 0) is 12.1 Å². The Bertz CT molecular complexity index is 854. The summed E-state index contributed by atoms with van der Waals surface area (Å²) in [5, 5.41) is 4.69. The third-order valence-electron chi connectivity index (χ3n) is 4.06. The Balaban J connectivity index is 1.97. The van der Waals surface area contributed by atoms with Crippen molar-refractivity contribution in [1.82, 2.24) is 9.78 Å². The van der Waals surface area contributed by atoms with Crippen LogP contribution in [0.5, 0.6) is 5.88 Å². The molecule has 0 bridgehead atoms. The third-order valence-corrected chi connectivity index (χ3v) is 4.06. The van der Waals surface area contributed by atoms with E-state index in [4.69, 9.17) is 4.74 Å². The first-order valence-corrected chi connectivity index (χ1v) is 7.66. The number of hydrogen-bond acceptors (Lipinski definition) is 3. The lowest BCUT2D eigenvalue weighted by molar-refractivity contribution is 0.0843. The Morgan fingerprint density at radius 2 is 1.70 bits per heavy atom. The summed E-state index contributed by atoms with van der Waals surface area (Å²) >= 11 is 0. The van der Waals surface area contributed by atoms with Gasteiger partial charge >= 0.3 is 0 Å². The van der Waals surface area contributed by atoms with E-state index in [9.17, 15) is 4.79 Å². The molecule has 0 aliphatic carbocycles. The fraction of sp³-hybridized carbons (Fsp3) is 0.158. The molecule has 0 N–H and O–H groups in total. The third kappa shape index (κ3) is 2.23. The highest BCUT2D eigenvalue weighted by Gasteiger charge is 2.34. The number of fused-ring (bicyclic) bond motifs is 1. The molecule has 1 aliphatic rings. The lowest BCUT2D eigenvalue weighted by Gasteiger charge is -2.20. The number of carbonyl (C=O) groups is 1. The van der Waals surface area contributed by atoms with Gasteiger partial charge in [0, 0.05) is 5.56 Å². The lowest BCUT2D eigenvalue weighted by Crippen LogP contribution is -2.26. The maximum absolute atomic E-state index is 12.7. The monoisotopic (exact) mass is 304 g/mol. The summed E-state index contributed by atoms with van der Waals surface area (Å²) in [5.74, 6) is 0.476. The van der Waals surface area contributed by atoms with Crippen molar-refractivity contribution in [2.45, 2.75) is 6.92 Å². The van der Waals surface area contributed by atoms with Crippen LogP contribution in [0.25, 0.3) is 16.9 Å². The molecule has 4 nitrogen and oxygen atoms in total. The Kier molecular flexibility index (Phi) is 3.23. The molecule has 1 atom stereocenters. The van der Waals surface area contributed by atoms with Gasteiger partial charge in [0.2, 0.25) is 5.88 Å². The van der Waals surface area contributed by atoms with Crippen LogP contribution in [0.1, 0.15) is 17.3 Å². The molecule has 3 aromatic rings. The molecule has 0 saturated heterocycles. The topological polar surface area (TPSA) is 44.1 Å². The minimum Gasteiger partial charge on any atom is -0.476 e. The molecule has 0 spiro atoms. The Morgan fingerprint density at radius 3 is 2.39 bits per heavy atom. The number of benzene rings is 2. The standard InChI is InChI=1S/C19H16N2O2/c1-13-12-23-19-16(18(13)22)17(14-8-4-2-5-9-14)20-21(19)15-10-6-3-7-11-15/h2-11,13H,12H2,1H3. The molecule has 23 heavy (non-hydrogen) atoms. The van der Waals surface area contributed by atoms with Gasteiger partial charge < -0.3 is 4.74 Å². The zero-order chi connectivity index (χ0) is 15.8. The summed E-state index contributed by atoms with van der Waals surface area (Å²) < 4.78 is 7.60. The summed E-state index contributed by atoms with van der Waals surface area (Å²) in [7, 11) is 0. The first-order valence-electron chi connectivity index (χ1n) is 7.66. The van der Waals surface area contributed by atoms with Crippen LogP contribution in [-0.4, -0.2) is 22.2 Å². The van der Waals surface area contributed by atoms with Crippen molar-refractivity contribution in [3.63, 3.8) is 0 Å². The molecule has 0 amide bonds. The van der Waals surface area contributed by atoms with Crippen LogP contribution < -0.4 is 4.74 Å². The molecule has 1 aliphatic heterocycles. The molecular weight excluding hydrogens is 288 g/mol. The van der Waals surface area contributed by atoms with E-state index < -0.39 is 0 Å². The van der Waals surface area contributed by atoms with E-state index >= 15 is 0 Å². The fourth-order valence-electron chi connectivity index (χ4n) is 2.83. The van der Waals surface area contributed by atoms with Crippen LogP contribution in [0.3, 0.4) is 0 Å². The fourth-order valence-corrected chi connectivity index (χ4v) is 2.83. The van der Waals surface area contributed by atoms with E-state index in [1.165, 1.54) is 0 Å². The number of Topliss-reactive ketones (excluding diaryl/α,β-unsaturated/α-hetero) is 1. The average Bonchev–Trinajstić information content (AvgIpc) is 3.00. The van der Waals surface area contributed by atoms with Crippen molar-refractivity contribution in [3.05, 3.63) is 66.2 Å². The lowest BCUT2D eigenvalue weighted by atomic mass is 9.95.